The number of pyridine rings is 1. The summed E-state index contributed by atoms with van der Waals surface area (Å²) in [5.41, 5.74) is 2.03. The second kappa shape index (κ2) is 8.84. The summed E-state index contributed by atoms with van der Waals surface area (Å²) in [6.07, 6.45) is 9.12. The van der Waals surface area contributed by atoms with E-state index in [1.165, 1.54) is 0 Å². The molecule has 0 spiro atoms. The number of rotatable bonds is 6. The molecule has 0 bridgehead atoms. The van der Waals surface area contributed by atoms with E-state index < -0.39 is 5.97 Å². The monoisotopic (exact) mass is 436 g/mol. The number of aliphatic hydroxyl groups is 1. The molecule has 9 nitrogen and oxygen atoms in total. The van der Waals surface area contributed by atoms with E-state index in [4.69, 9.17) is 0 Å². The SMILES string of the molecule is O=C(O)c1cc2cnc(Nc3ccc(CN4CCC(O)CC4)cn3)nc2n1C1CCCC1. The normalized spacial score (nSPS) is 18.4. The van der Waals surface area contributed by atoms with Gasteiger partial charge in [0.1, 0.15) is 17.2 Å². The number of carboxylic acid groups (broad SMARTS) is 1. The van der Waals surface area contributed by atoms with Crippen LogP contribution in [0.2, 0.25) is 0 Å². The molecule has 9 heteroatoms. The first-order chi connectivity index (χ1) is 15.6. The first-order valence-corrected chi connectivity index (χ1v) is 11.3. The molecular weight excluding hydrogens is 408 g/mol. The van der Waals surface area contributed by atoms with Crippen LogP contribution in [0.4, 0.5) is 11.8 Å². The molecule has 0 aromatic carbocycles. The molecular formula is C23H28N6O3. The highest BCUT2D eigenvalue weighted by atomic mass is 16.4. The summed E-state index contributed by atoms with van der Waals surface area (Å²) in [5, 5.41) is 23.2. The molecule has 0 unspecified atom stereocenters. The third kappa shape index (κ3) is 4.31. The Morgan fingerprint density at radius 3 is 2.56 bits per heavy atom. The van der Waals surface area contributed by atoms with Crippen molar-refractivity contribution in [3.63, 3.8) is 0 Å². The molecule has 1 aliphatic carbocycles. The van der Waals surface area contributed by atoms with Gasteiger partial charge in [-0.05, 0) is 43.4 Å². The number of carbonyl (C=O) groups is 1. The van der Waals surface area contributed by atoms with Gasteiger partial charge in [-0.3, -0.25) is 4.90 Å². The third-order valence-electron chi connectivity index (χ3n) is 6.51. The zero-order valence-corrected chi connectivity index (χ0v) is 17.9. The Balaban J connectivity index is 1.34. The summed E-state index contributed by atoms with van der Waals surface area (Å²) in [7, 11) is 0. The lowest BCUT2D eigenvalue weighted by atomic mass is 10.1. The van der Waals surface area contributed by atoms with Crippen molar-refractivity contribution in [3.8, 4) is 0 Å². The Labute approximate surface area is 186 Å². The largest absolute Gasteiger partial charge is 0.477 e. The van der Waals surface area contributed by atoms with E-state index in [2.05, 4.69) is 25.2 Å². The van der Waals surface area contributed by atoms with Gasteiger partial charge in [0.2, 0.25) is 5.95 Å². The van der Waals surface area contributed by atoms with E-state index in [1.807, 2.05) is 22.9 Å². The minimum Gasteiger partial charge on any atom is -0.477 e. The van der Waals surface area contributed by atoms with Crippen LogP contribution in [0.1, 0.15) is 60.6 Å². The van der Waals surface area contributed by atoms with Crippen LogP contribution < -0.4 is 5.32 Å². The van der Waals surface area contributed by atoms with Gasteiger partial charge in [0.15, 0.2) is 0 Å². The van der Waals surface area contributed by atoms with Crippen molar-refractivity contribution in [2.75, 3.05) is 18.4 Å². The number of fused-ring (bicyclic) bond motifs is 1. The second-order valence-corrected chi connectivity index (χ2v) is 8.80. The van der Waals surface area contributed by atoms with Crippen molar-refractivity contribution >= 4 is 28.8 Å². The molecule has 3 aromatic heterocycles. The van der Waals surface area contributed by atoms with Crippen LogP contribution in [0.15, 0.2) is 30.6 Å². The Morgan fingerprint density at radius 2 is 1.88 bits per heavy atom. The minimum absolute atomic E-state index is 0.162. The van der Waals surface area contributed by atoms with Crippen molar-refractivity contribution in [1.29, 1.82) is 0 Å². The predicted molar refractivity (Wildman–Crippen MR) is 120 cm³/mol. The first-order valence-electron chi connectivity index (χ1n) is 11.3. The number of anilines is 2. The van der Waals surface area contributed by atoms with Crippen LogP contribution >= 0.6 is 0 Å². The molecule has 3 aromatic rings. The molecule has 2 aliphatic rings. The zero-order chi connectivity index (χ0) is 22.1. The van der Waals surface area contributed by atoms with Gasteiger partial charge in [0, 0.05) is 43.5 Å². The molecule has 0 atom stereocenters. The predicted octanol–water partition coefficient (Wildman–Crippen LogP) is 3.34. The fraction of sp³-hybridized carbons (Fsp3) is 0.478. The van der Waals surface area contributed by atoms with E-state index in [-0.39, 0.29) is 17.8 Å². The van der Waals surface area contributed by atoms with Gasteiger partial charge in [-0.2, -0.15) is 4.98 Å². The number of aromatic nitrogens is 4. The van der Waals surface area contributed by atoms with Gasteiger partial charge in [-0.1, -0.05) is 18.9 Å². The number of hydrogen-bond acceptors (Lipinski definition) is 7. The molecule has 4 heterocycles. The van der Waals surface area contributed by atoms with E-state index >= 15 is 0 Å². The summed E-state index contributed by atoms with van der Waals surface area (Å²) in [4.78, 5) is 27.6. The number of piperidine rings is 1. The third-order valence-corrected chi connectivity index (χ3v) is 6.51. The lowest BCUT2D eigenvalue weighted by molar-refractivity contribution is 0.0683. The molecule has 32 heavy (non-hydrogen) atoms. The topological polar surface area (TPSA) is 116 Å². The van der Waals surface area contributed by atoms with Crippen molar-refractivity contribution in [1.82, 2.24) is 24.4 Å². The summed E-state index contributed by atoms with van der Waals surface area (Å²) >= 11 is 0. The van der Waals surface area contributed by atoms with Gasteiger partial charge < -0.3 is 20.1 Å². The van der Waals surface area contributed by atoms with Crippen LogP contribution in [0.25, 0.3) is 11.0 Å². The maximum absolute atomic E-state index is 11.8. The molecule has 0 radical (unpaired) electrons. The quantitative estimate of drug-likeness (QED) is 0.539. The van der Waals surface area contributed by atoms with Crippen LogP contribution in [0, 0.1) is 0 Å². The highest BCUT2D eigenvalue weighted by Gasteiger charge is 2.25. The van der Waals surface area contributed by atoms with E-state index in [1.54, 1.807) is 12.3 Å². The van der Waals surface area contributed by atoms with Crippen LogP contribution in [0.3, 0.4) is 0 Å². The number of carboxylic acids is 1. The molecule has 2 fully saturated rings. The standard InChI is InChI=1S/C23H28N6O3/c30-18-7-9-28(10-8-18)14-15-5-6-20(24-12-15)26-23-25-13-16-11-19(22(31)32)29(21(16)27-23)17-3-1-2-4-17/h5-6,11-13,17-18,30H,1-4,7-10,14H2,(H,31,32)(H,24,25,26,27). The number of nitrogens with zero attached hydrogens (tertiary/aromatic N) is 5. The average Bonchev–Trinajstić information content (AvgIpc) is 3.44. The van der Waals surface area contributed by atoms with Crippen molar-refractivity contribution in [3.05, 3.63) is 41.9 Å². The fourth-order valence-electron chi connectivity index (χ4n) is 4.81. The molecule has 1 aliphatic heterocycles. The highest BCUT2D eigenvalue weighted by Crippen LogP contribution is 2.34. The first kappa shape index (κ1) is 20.8. The number of aliphatic hydroxyl groups excluding tert-OH is 1. The lowest BCUT2D eigenvalue weighted by Crippen LogP contribution is -2.35. The number of hydrogen-bond donors (Lipinski definition) is 3. The molecule has 168 valence electrons. The van der Waals surface area contributed by atoms with E-state index in [9.17, 15) is 15.0 Å². The van der Waals surface area contributed by atoms with Crippen LogP contribution in [-0.4, -0.2) is 59.8 Å². The second-order valence-electron chi connectivity index (χ2n) is 8.80. The highest BCUT2D eigenvalue weighted by molar-refractivity contribution is 5.93. The zero-order valence-electron chi connectivity index (χ0n) is 17.9. The summed E-state index contributed by atoms with van der Waals surface area (Å²) in [6, 6.07) is 5.75. The number of aromatic carboxylic acids is 1. The lowest BCUT2D eigenvalue weighted by Gasteiger charge is -2.29. The van der Waals surface area contributed by atoms with E-state index in [0.717, 1.165) is 69.1 Å². The van der Waals surface area contributed by atoms with Gasteiger partial charge >= 0.3 is 5.97 Å². The molecule has 1 saturated carbocycles. The average molecular weight is 437 g/mol. The number of nitrogens with one attached hydrogen (secondary N) is 1. The summed E-state index contributed by atoms with van der Waals surface area (Å²) < 4.78 is 1.86. The summed E-state index contributed by atoms with van der Waals surface area (Å²) in [5.74, 6) is 0.0986. The maximum atomic E-state index is 11.8. The maximum Gasteiger partial charge on any atom is 0.352 e. The molecule has 5 rings (SSSR count). The van der Waals surface area contributed by atoms with Crippen molar-refractivity contribution in [2.24, 2.45) is 0 Å². The van der Waals surface area contributed by atoms with Crippen molar-refractivity contribution < 1.29 is 15.0 Å². The molecule has 0 amide bonds. The minimum atomic E-state index is -0.940. The van der Waals surface area contributed by atoms with Gasteiger partial charge in [-0.15, -0.1) is 0 Å². The molecule has 1 saturated heterocycles. The van der Waals surface area contributed by atoms with Crippen LogP contribution in [0.5, 0.6) is 0 Å². The van der Waals surface area contributed by atoms with Gasteiger partial charge in [0.05, 0.1) is 6.10 Å². The summed E-state index contributed by atoms with van der Waals surface area (Å²) in [6.45, 7) is 2.61. The van der Waals surface area contributed by atoms with E-state index in [0.29, 0.717) is 17.4 Å². The fourth-order valence-corrected chi connectivity index (χ4v) is 4.81. The molecule has 3 N–H and O–H groups in total. The number of likely N-dealkylation sites (tertiary alicyclic amines) is 1. The Morgan fingerprint density at radius 1 is 1.09 bits per heavy atom. The van der Waals surface area contributed by atoms with Gasteiger partial charge in [-0.25, -0.2) is 14.8 Å². The van der Waals surface area contributed by atoms with Gasteiger partial charge in [0.25, 0.3) is 0 Å². The Bertz CT molecular complexity index is 1100. The van der Waals surface area contributed by atoms with Crippen molar-refractivity contribution in [2.45, 2.75) is 57.2 Å². The Hall–Kier alpha value is -3.04. The smallest absolute Gasteiger partial charge is 0.352 e. The Kier molecular flexibility index (Phi) is 5.75. The van der Waals surface area contributed by atoms with Crippen LogP contribution in [-0.2, 0) is 6.54 Å².